The predicted molar refractivity (Wildman–Crippen MR) is 84.6 cm³/mol. The highest BCUT2D eigenvalue weighted by atomic mass is 16.6. The zero-order valence-electron chi connectivity index (χ0n) is 13.4. The standard InChI is InChI=1S/C16H17NO7/c1-9-6-12(18)15(16(19)24-9)11(8-17(20)21)10-4-5-13(22-2)14(7-10)23-3/h4-7,11,18H,8H2,1-3H3. The lowest BCUT2D eigenvalue weighted by atomic mass is 9.91. The molecule has 1 heterocycles. The molecule has 0 bridgehead atoms. The SMILES string of the molecule is COc1ccc(C(C[N+](=O)[O-])c2c(O)cc(C)oc2=O)cc1OC. The van der Waals surface area contributed by atoms with Crippen LogP contribution in [-0.4, -0.2) is 30.8 Å². The molecule has 0 saturated heterocycles. The minimum absolute atomic E-state index is 0.162. The fraction of sp³-hybridized carbons (Fsp3) is 0.312. The topological polar surface area (TPSA) is 112 Å². The van der Waals surface area contributed by atoms with E-state index in [9.17, 15) is 20.0 Å². The molecule has 2 aromatic rings. The van der Waals surface area contributed by atoms with E-state index in [1.807, 2.05) is 0 Å². The first-order chi connectivity index (χ1) is 11.4. The Morgan fingerprint density at radius 2 is 1.92 bits per heavy atom. The molecule has 1 aromatic heterocycles. The molecule has 0 aliphatic rings. The normalized spacial score (nSPS) is 11.8. The van der Waals surface area contributed by atoms with Crippen LogP contribution in [0.1, 0.15) is 22.8 Å². The van der Waals surface area contributed by atoms with E-state index in [0.717, 1.165) is 0 Å². The summed E-state index contributed by atoms with van der Waals surface area (Å²) in [5.74, 6) is -0.309. The lowest BCUT2D eigenvalue weighted by Crippen LogP contribution is -2.21. The molecular weight excluding hydrogens is 318 g/mol. The average molecular weight is 335 g/mol. The summed E-state index contributed by atoms with van der Waals surface area (Å²) in [7, 11) is 2.90. The van der Waals surface area contributed by atoms with Crippen molar-refractivity contribution >= 4 is 0 Å². The highest BCUT2D eigenvalue weighted by Gasteiger charge is 2.28. The van der Waals surface area contributed by atoms with E-state index in [1.54, 1.807) is 12.1 Å². The Morgan fingerprint density at radius 3 is 2.46 bits per heavy atom. The summed E-state index contributed by atoms with van der Waals surface area (Å²) < 4.78 is 15.3. The molecule has 0 aliphatic heterocycles. The van der Waals surface area contributed by atoms with Gasteiger partial charge in [0.1, 0.15) is 11.5 Å². The van der Waals surface area contributed by atoms with Gasteiger partial charge in [-0.15, -0.1) is 0 Å². The van der Waals surface area contributed by atoms with Gasteiger partial charge in [-0.1, -0.05) is 6.07 Å². The molecule has 0 spiro atoms. The molecule has 24 heavy (non-hydrogen) atoms. The van der Waals surface area contributed by atoms with Gasteiger partial charge >= 0.3 is 5.63 Å². The molecule has 1 atom stereocenters. The Kier molecular flexibility index (Phi) is 5.08. The van der Waals surface area contributed by atoms with Crippen LogP contribution in [0.25, 0.3) is 0 Å². The summed E-state index contributed by atoms with van der Waals surface area (Å²) in [6.07, 6.45) is 0. The van der Waals surface area contributed by atoms with Gasteiger partial charge in [0.05, 0.1) is 25.7 Å². The van der Waals surface area contributed by atoms with E-state index >= 15 is 0 Å². The van der Waals surface area contributed by atoms with E-state index in [2.05, 4.69) is 0 Å². The van der Waals surface area contributed by atoms with Gasteiger partial charge in [0.25, 0.3) is 0 Å². The summed E-state index contributed by atoms with van der Waals surface area (Å²) in [6.45, 7) is 0.917. The van der Waals surface area contributed by atoms with Crippen molar-refractivity contribution in [1.82, 2.24) is 0 Å². The first-order valence-electron chi connectivity index (χ1n) is 7.04. The maximum absolute atomic E-state index is 12.1. The van der Waals surface area contributed by atoms with E-state index < -0.39 is 23.0 Å². The second-order valence-electron chi connectivity index (χ2n) is 5.13. The van der Waals surface area contributed by atoms with Crippen molar-refractivity contribution in [2.24, 2.45) is 0 Å². The Hall–Kier alpha value is -3.03. The zero-order chi connectivity index (χ0) is 17.9. The monoisotopic (exact) mass is 335 g/mol. The molecule has 8 nitrogen and oxygen atoms in total. The summed E-state index contributed by atoms with van der Waals surface area (Å²) in [5, 5.41) is 21.2. The molecule has 8 heteroatoms. The van der Waals surface area contributed by atoms with E-state index in [0.29, 0.717) is 17.1 Å². The highest BCUT2D eigenvalue weighted by molar-refractivity contribution is 5.47. The molecular formula is C16H17NO7. The van der Waals surface area contributed by atoms with Gasteiger partial charge in [-0.3, -0.25) is 10.1 Å². The lowest BCUT2D eigenvalue weighted by molar-refractivity contribution is -0.481. The fourth-order valence-electron chi connectivity index (χ4n) is 2.51. The number of aryl methyl sites for hydroxylation is 1. The molecule has 0 amide bonds. The molecule has 1 N–H and O–H groups in total. The minimum atomic E-state index is -0.989. The van der Waals surface area contributed by atoms with Crippen LogP contribution >= 0.6 is 0 Å². The number of nitrogens with zero attached hydrogens (tertiary/aromatic N) is 1. The second-order valence-corrected chi connectivity index (χ2v) is 5.13. The fourth-order valence-corrected chi connectivity index (χ4v) is 2.51. The maximum atomic E-state index is 12.1. The van der Waals surface area contributed by atoms with Crippen molar-refractivity contribution in [3.05, 3.63) is 61.7 Å². The van der Waals surface area contributed by atoms with Crippen molar-refractivity contribution in [2.45, 2.75) is 12.8 Å². The zero-order valence-corrected chi connectivity index (χ0v) is 13.4. The van der Waals surface area contributed by atoms with Gasteiger partial charge < -0.3 is 19.0 Å². The Morgan fingerprint density at radius 1 is 1.25 bits per heavy atom. The van der Waals surface area contributed by atoms with Crippen molar-refractivity contribution in [2.75, 3.05) is 20.8 Å². The molecule has 0 radical (unpaired) electrons. The van der Waals surface area contributed by atoms with Crippen molar-refractivity contribution in [3.8, 4) is 17.2 Å². The van der Waals surface area contributed by atoms with Crippen LogP contribution in [0.15, 0.2) is 33.5 Å². The molecule has 0 aliphatic carbocycles. The molecule has 0 fully saturated rings. The molecule has 1 unspecified atom stereocenters. The maximum Gasteiger partial charge on any atom is 0.343 e. The third kappa shape index (κ3) is 3.48. The van der Waals surface area contributed by atoms with Crippen LogP contribution in [0, 0.1) is 17.0 Å². The third-order valence-corrected chi connectivity index (χ3v) is 3.58. The van der Waals surface area contributed by atoms with Crippen LogP contribution in [0.5, 0.6) is 17.2 Å². The average Bonchev–Trinajstić information content (AvgIpc) is 2.52. The van der Waals surface area contributed by atoms with Crippen molar-refractivity contribution in [1.29, 1.82) is 0 Å². The Balaban J connectivity index is 2.63. The molecule has 1 aromatic carbocycles. The van der Waals surface area contributed by atoms with Gasteiger partial charge in [0.15, 0.2) is 11.5 Å². The van der Waals surface area contributed by atoms with Gasteiger partial charge in [-0.05, 0) is 24.6 Å². The van der Waals surface area contributed by atoms with Crippen molar-refractivity contribution < 1.29 is 23.9 Å². The molecule has 128 valence electrons. The summed E-state index contributed by atoms with van der Waals surface area (Å²) in [4.78, 5) is 22.6. The smallest absolute Gasteiger partial charge is 0.343 e. The van der Waals surface area contributed by atoms with Crippen molar-refractivity contribution in [3.63, 3.8) is 0 Å². The Bertz CT molecular complexity index is 813. The van der Waals surface area contributed by atoms with Gasteiger partial charge in [-0.2, -0.15) is 0 Å². The van der Waals surface area contributed by atoms with Crippen LogP contribution in [0.4, 0.5) is 0 Å². The number of hydrogen-bond acceptors (Lipinski definition) is 7. The predicted octanol–water partition coefficient (Wildman–Crippen LogP) is 2.08. The second kappa shape index (κ2) is 7.03. The van der Waals surface area contributed by atoms with E-state index in [1.165, 1.54) is 33.3 Å². The number of benzene rings is 1. The number of rotatable bonds is 6. The molecule has 0 saturated carbocycles. The number of hydrogen-bond donors (Lipinski definition) is 1. The van der Waals surface area contributed by atoms with Crippen LogP contribution in [-0.2, 0) is 0 Å². The number of nitro groups is 1. The first kappa shape index (κ1) is 17.3. The first-order valence-corrected chi connectivity index (χ1v) is 7.04. The van der Waals surface area contributed by atoms with Crippen LogP contribution < -0.4 is 15.1 Å². The number of aromatic hydroxyl groups is 1. The summed E-state index contributed by atoms with van der Waals surface area (Å²) in [5.41, 5.74) is -0.547. The Labute approximate surface area is 137 Å². The number of ether oxygens (including phenoxy) is 2. The van der Waals surface area contributed by atoms with Crippen LogP contribution in [0.2, 0.25) is 0 Å². The van der Waals surface area contributed by atoms with Crippen LogP contribution in [0.3, 0.4) is 0 Å². The largest absolute Gasteiger partial charge is 0.507 e. The molecule has 2 rings (SSSR count). The van der Waals surface area contributed by atoms with Gasteiger partial charge in [0, 0.05) is 11.0 Å². The van der Waals surface area contributed by atoms with Gasteiger partial charge in [0.2, 0.25) is 6.54 Å². The summed E-state index contributed by atoms with van der Waals surface area (Å²) >= 11 is 0. The van der Waals surface area contributed by atoms with Gasteiger partial charge in [-0.25, -0.2) is 4.79 Å². The lowest BCUT2D eigenvalue weighted by Gasteiger charge is -2.16. The third-order valence-electron chi connectivity index (χ3n) is 3.58. The number of methoxy groups -OCH3 is 2. The highest BCUT2D eigenvalue weighted by Crippen LogP contribution is 2.35. The van der Waals surface area contributed by atoms with E-state index in [-0.39, 0.29) is 17.1 Å². The van der Waals surface area contributed by atoms with E-state index in [4.69, 9.17) is 13.9 Å². The minimum Gasteiger partial charge on any atom is -0.507 e. The quantitative estimate of drug-likeness (QED) is 0.635. The summed E-state index contributed by atoms with van der Waals surface area (Å²) in [6, 6.07) is 5.94.